The van der Waals surface area contributed by atoms with E-state index in [2.05, 4.69) is 18.8 Å². The first-order chi connectivity index (χ1) is 7.65. The smallest absolute Gasteiger partial charge is 0.221 e. The molecule has 0 radical (unpaired) electrons. The Labute approximate surface area is 94.4 Å². The summed E-state index contributed by atoms with van der Waals surface area (Å²) in [6.45, 7) is 5.33. The lowest BCUT2D eigenvalue weighted by Crippen LogP contribution is -2.01. The highest BCUT2D eigenvalue weighted by Gasteiger charge is 2.06. The fourth-order valence-electron chi connectivity index (χ4n) is 1.43. The van der Waals surface area contributed by atoms with E-state index in [0.717, 1.165) is 5.52 Å². The van der Waals surface area contributed by atoms with Gasteiger partial charge in [-0.3, -0.25) is 0 Å². The highest BCUT2D eigenvalue weighted by Crippen LogP contribution is 2.18. The van der Waals surface area contributed by atoms with Crippen molar-refractivity contribution >= 4 is 16.8 Å². The zero-order chi connectivity index (χ0) is 11.5. The zero-order valence-electron chi connectivity index (χ0n) is 9.56. The molecule has 0 fully saturated rings. The molecule has 0 spiro atoms. The number of oxazole rings is 1. The van der Waals surface area contributed by atoms with Crippen LogP contribution in [0, 0.1) is 5.92 Å². The molecule has 0 aliphatic carbocycles. The molecule has 16 heavy (non-hydrogen) atoms. The van der Waals surface area contributed by atoms with Crippen LogP contribution < -0.4 is 5.73 Å². The topological polar surface area (TPSA) is 61.3 Å². The fraction of sp³-hybridized carbons (Fsp3) is 0.417. The van der Waals surface area contributed by atoms with Gasteiger partial charge in [0.05, 0.1) is 0 Å². The van der Waals surface area contributed by atoms with E-state index in [1.54, 1.807) is 6.07 Å². The summed E-state index contributed by atoms with van der Waals surface area (Å²) in [5, 5.41) is 0. The van der Waals surface area contributed by atoms with E-state index in [9.17, 15) is 0 Å². The minimum Gasteiger partial charge on any atom is -0.438 e. The van der Waals surface area contributed by atoms with Crippen molar-refractivity contribution in [3.8, 4) is 0 Å². The van der Waals surface area contributed by atoms with Crippen LogP contribution >= 0.6 is 0 Å². The summed E-state index contributed by atoms with van der Waals surface area (Å²) in [7, 11) is 0. The maximum atomic E-state index is 5.65. The summed E-state index contributed by atoms with van der Waals surface area (Å²) >= 11 is 0. The number of hydrogen-bond donors (Lipinski definition) is 1. The minimum atomic E-state index is 0.409. The van der Waals surface area contributed by atoms with Crippen molar-refractivity contribution in [2.45, 2.75) is 20.5 Å². The second-order valence-electron chi connectivity index (χ2n) is 4.24. The number of anilines is 1. The highest BCUT2D eigenvalue weighted by molar-refractivity contribution is 5.76. The third-order valence-corrected chi connectivity index (χ3v) is 2.13. The zero-order valence-corrected chi connectivity index (χ0v) is 9.56. The molecule has 0 aliphatic rings. The van der Waals surface area contributed by atoms with Gasteiger partial charge in [0, 0.05) is 18.4 Å². The Morgan fingerprint density at radius 3 is 3.00 bits per heavy atom. The van der Waals surface area contributed by atoms with Crippen molar-refractivity contribution in [2.24, 2.45) is 5.92 Å². The van der Waals surface area contributed by atoms with Crippen molar-refractivity contribution < 1.29 is 9.15 Å². The number of nitrogens with zero attached hydrogens (tertiary/aromatic N) is 1. The van der Waals surface area contributed by atoms with Crippen LogP contribution in [0.4, 0.5) is 5.69 Å². The standard InChI is InChI=1S/C12H16N2O2/c1-8(2)6-15-7-12-14-10-4-3-9(13)5-11(10)16-12/h3-5,8H,6-7,13H2,1-2H3. The van der Waals surface area contributed by atoms with Crippen LogP contribution in [-0.2, 0) is 11.3 Å². The Morgan fingerprint density at radius 1 is 1.44 bits per heavy atom. The molecule has 0 atom stereocenters. The van der Waals surface area contributed by atoms with Crippen LogP contribution in [0.15, 0.2) is 22.6 Å². The van der Waals surface area contributed by atoms with Crippen LogP contribution in [0.25, 0.3) is 11.1 Å². The van der Waals surface area contributed by atoms with Crippen LogP contribution in [0.3, 0.4) is 0 Å². The lowest BCUT2D eigenvalue weighted by atomic mass is 10.2. The Balaban J connectivity index is 2.08. The first kappa shape index (κ1) is 11.0. The van der Waals surface area contributed by atoms with Crippen LogP contribution in [0.1, 0.15) is 19.7 Å². The molecule has 0 amide bonds. The number of hydrogen-bond acceptors (Lipinski definition) is 4. The number of rotatable bonds is 4. The molecule has 0 saturated heterocycles. The molecule has 2 rings (SSSR count). The van der Waals surface area contributed by atoms with Gasteiger partial charge in [-0.25, -0.2) is 4.98 Å². The Hall–Kier alpha value is -1.55. The first-order valence-corrected chi connectivity index (χ1v) is 5.38. The van der Waals surface area contributed by atoms with Crippen molar-refractivity contribution in [3.63, 3.8) is 0 Å². The van der Waals surface area contributed by atoms with Crippen molar-refractivity contribution in [2.75, 3.05) is 12.3 Å². The van der Waals surface area contributed by atoms with E-state index in [-0.39, 0.29) is 0 Å². The number of nitrogens with two attached hydrogens (primary N) is 1. The third-order valence-electron chi connectivity index (χ3n) is 2.13. The first-order valence-electron chi connectivity index (χ1n) is 5.38. The SMILES string of the molecule is CC(C)COCc1nc2ccc(N)cc2o1. The van der Waals surface area contributed by atoms with Gasteiger partial charge < -0.3 is 14.9 Å². The van der Waals surface area contributed by atoms with E-state index in [4.69, 9.17) is 14.9 Å². The van der Waals surface area contributed by atoms with Crippen LogP contribution in [-0.4, -0.2) is 11.6 Å². The average Bonchev–Trinajstić information content (AvgIpc) is 2.58. The molecule has 0 aliphatic heterocycles. The molecule has 4 heteroatoms. The van der Waals surface area contributed by atoms with Gasteiger partial charge in [-0.2, -0.15) is 0 Å². The molecular formula is C12H16N2O2. The molecule has 1 aromatic carbocycles. The Bertz CT molecular complexity index is 477. The summed E-state index contributed by atoms with van der Waals surface area (Å²) in [4.78, 5) is 4.30. The largest absolute Gasteiger partial charge is 0.438 e. The summed E-state index contributed by atoms with van der Waals surface area (Å²) in [5.41, 5.74) is 7.86. The van der Waals surface area contributed by atoms with Gasteiger partial charge in [-0.15, -0.1) is 0 Å². The molecule has 2 aromatic rings. The number of ether oxygens (including phenoxy) is 1. The predicted molar refractivity (Wildman–Crippen MR) is 62.9 cm³/mol. The van der Waals surface area contributed by atoms with Crippen molar-refractivity contribution in [3.05, 3.63) is 24.1 Å². The van der Waals surface area contributed by atoms with Gasteiger partial charge in [0.1, 0.15) is 12.1 Å². The molecule has 4 nitrogen and oxygen atoms in total. The Morgan fingerprint density at radius 2 is 2.25 bits per heavy atom. The van der Waals surface area contributed by atoms with Crippen LogP contribution in [0.5, 0.6) is 0 Å². The van der Waals surface area contributed by atoms with Gasteiger partial charge in [-0.05, 0) is 18.1 Å². The molecular weight excluding hydrogens is 204 g/mol. The molecule has 0 unspecified atom stereocenters. The van der Waals surface area contributed by atoms with Gasteiger partial charge in [0.25, 0.3) is 0 Å². The molecule has 1 aromatic heterocycles. The maximum absolute atomic E-state index is 5.65. The van der Waals surface area contributed by atoms with Gasteiger partial charge in [-0.1, -0.05) is 13.8 Å². The summed E-state index contributed by atoms with van der Waals surface area (Å²) < 4.78 is 11.0. The summed E-state index contributed by atoms with van der Waals surface area (Å²) in [6, 6.07) is 5.43. The molecule has 0 saturated carbocycles. The van der Waals surface area contributed by atoms with E-state index in [0.29, 0.717) is 36.3 Å². The summed E-state index contributed by atoms with van der Waals surface area (Å²) in [5.74, 6) is 1.11. The van der Waals surface area contributed by atoms with E-state index in [1.807, 2.05) is 12.1 Å². The number of benzene rings is 1. The quantitative estimate of drug-likeness (QED) is 0.804. The van der Waals surface area contributed by atoms with Gasteiger partial charge in [0.2, 0.25) is 5.89 Å². The number of nitrogen functional groups attached to an aromatic ring is 1. The van der Waals surface area contributed by atoms with Gasteiger partial charge >= 0.3 is 0 Å². The normalized spacial score (nSPS) is 11.4. The van der Waals surface area contributed by atoms with Gasteiger partial charge in [0.15, 0.2) is 5.58 Å². The number of aromatic nitrogens is 1. The predicted octanol–water partition coefficient (Wildman–Crippen LogP) is 2.58. The molecule has 2 N–H and O–H groups in total. The second kappa shape index (κ2) is 4.53. The monoisotopic (exact) mass is 220 g/mol. The highest BCUT2D eigenvalue weighted by atomic mass is 16.5. The van der Waals surface area contributed by atoms with Crippen molar-refractivity contribution in [1.82, 2.24) is 4.98 Å². The Kier molecular flexibility index (Phi) is 3.10. The second-order valence-corrected chi connectivity index (χ2v) is 4.24. The van der Waals surface area contributed by atoms with E-state index >= 15 is 0 Å². The maximum Gasteiger partial charge on any atom is 0.221 e. The lowest BCUT2D eigenvalue weighted by molar-refractivity contribution is 0.0825. The minimum absolute atomic E-state index is 0.409. The number of fused-ring (bicyclic) bond motifs is 1. The molecule has 86 valence electrons. The molecule has 1 heterocycles. The third kappa shape index (κ3) is 2.52. The molecule has 0 bridgehead atoms. The fourth-order valence-corrected chi connectivity index (χ4v) is 1.43. The van der Waals surface area contributed by atoms with E-state index < -0.39 is 0 Å². The van der Waals surface area contributed by atoms with E-state index in [1.165, 1.54) is 0 Å². The van der Waals surface area contributed by atoms with Crippen molar-refractivity contribution in [1.29, 1.82) is 0 Å². The lowest BCUT2D eigenvalue weighted by Gasteiger charge is -2.03. The summed E-state index contributed by atoms with van der Waals surface area (Å²) in [6.07, 6.45) is 0. The average molecular weight is 220 g/mol. The van der Waals surface area contributed by atoms with Crippen LogP contribution in [0.2, 0.25) is 0 Å².